The Balaban J connectivity index is 1.90. The minimum Gasteiger partial charge on any atom is -0.493 e. The fourth-order valence-electron chi connectivity index (χ4n) is 2.13. The van der Waals surface area contributed by atoms with E-state index in [9.17, 15) is 0 Å². The van der Waals surface area contributed by atoms with E-state index < -0.39 is 0 Å². The van der Waals surface area contributed by atoms with E-state index in [0.29, 0.717) is 12.2 Å². The highest BCUT2D eigenvalue weighted by Gasteiger charge is 2.08. The lowest BCUT2D eigenvalue weighted by molar-refractivity contribution is 0.354. The smallest absolute Gasteiger partial charge is 0.161 e. The van der Waals surface area contributed by atoms with Gasteiger partial charge in [0, 0.05) is 12.6 Å². The zero-order valence-electron chi connectivity index (χ0n) is 11.4. The third-order valence-electron chi connectivity index (χ3n) is 3.10. The van der Waals surface area contributed by atoms with Crippen LogP contribution in [0.25, 0.3) is 5.65 Å². The van der Waals surface area contributed by atoms with Crippen molar-refractivity contribution in [1.82, 2.24) is 14.6 Å². The Morgan fingerprint density at radius 3 is 2.65 bits per heavy atom. The van der Waals surface area contributed by atoms with Crippen LogP contribution in [0.4, 0.5) is 0 Å². The molecule has 1 aromatic carbocycles. The summed E-state index contributed by atoms with van der Waals surface area (Å²) in [5, 5.41) is 4.44. The monoisotopic (exact) mass is 269 g/mol. The third-order valence-corrected chi connectivity index (χ3v) is 3.10. The number of nitrogens with zero attached hydrogens (tertiary/aromatic N) is 3. The zero-order chi connectivity index (χ0) is 13.9. The maximum Gasteiger partial charge on any atom is 0.161 e. The molecule has 0 aliphatic heterocycles. The molecular weight excluding hydrogens is 254 g/mol. The summed E-state index contributed by atoms with van der Waals surface area (Å²) in [5.74, 6) is 2.22. The highest BCUT2D eigenvalue weighted by Crippen LogP contribution is 2.28. The number of fused-ring (bicyclic) bond motifs is 1. The maximum absolute atomic E-state index is 5.30. The molecule has 3 rings (SSSR count). The molecule has 0 fully saturated rings. The van der Waals surface area contributed by atoms with Gasteiger partial charge in [0.1, 0.15) is 0 Å². The summed E-state index contributed by atoms with van der Waals surface area (Å²) in [6, 6.07) is 11.7. The minimum atomic E-state index is 0.655. The Labute approximate surface area is 116 Å². The maximum atomic E-state index is 5.30. The first kappa shape index (κ1) is 12.5. The van der Waals surface area contributed by atoms with Crippen LogP contribution in [0, 0.1) is 0 Å². The topological polar surface area (TPSA) is 48.7 Å². The van der Waals surface area contributed by atoms with E-state index in [2.05, 4.69) is 10.1 Å². The fourth-order valence-corrected chi connectivity index (χ4v) is 2.13. The first-order valence-electron chi connectivity index (χ1n) is 6.31. The number of benzene rings is 1. The van der Waals surface area contributed by atoms with Gasteiger partial charge in [-0.25, -0.2) is 9.50 Å². The molecule has 0 atom stereocenters. The number of rotatable bonds is 4. The molecule has 0 saturated carbocycles. The van der Waals surface area contributed by atoms with E-state index in [4.69, 9.17) is 9.47 Å². The fraction of sp³-hybridized carbons (Fsp3) is 0.200. The molecule has 2 heterocycles. The number of ether oxygens (including phenoxy) is 2. The van der Waals surface area contributed by atoms with Crippen molar-refractivity contribution in [2.45, 2.75) is 6.42 Å². The number of aromatic nitrogens is 3. The van der Waals surface area contributed by atoms with Gasteiger partial charge in [-0.2, -0.15) is 5.10 Å². The number of methoxy groups -OCH3 is 2. The molecule has 0 aliphatic carbocycles. The van der Waals surface area contributed by atoms with Crippen LogP contribution in [0.2, 0.25) is 0 Å². The molecule has 0 aliphatic rings. The van der Waals surface area contributed by atoms with Crippen LogP contribution in [0.15, 0.2) is 42.6 Å². The van der Waals surface area contributed by atoms with Gasteiger partial charge >= 0.3 is 0 Å². The molecule has 102 valence electrons. The van der Waals surface area contributed by atoms with Crippen molar-refractivity contribution in [3.05, 3.63) is 54.0 Å². The second-order valence-corrected chi connectivity index (χ2v) is 4.40. The van der Waals surface area contributed by atoms with Crippen molar-refractivity contribution in [3.63, 3.8) is 0 Å². The van der Waals surface area contributed by atoms with Crippen LogP contribution >= 0.6 is 0 Å². The second-order valence-electron chi connectivity index (χ2n) is 4.40. The van der Waals surface area contributed by atoms with E-state index in [1.54, 1.807) is 18.7 Å². The normalized spacial score (nSPS) is 10.7. The Morgan fingerprint density at radius 1 is 1.05 bits per heavy atom. The van der Waals surface area contributed by atoms with Crippen LogP contribution in [-0.4, -0.2) is 28.8 Å². The minimum absolute atomic E-state index is 0.655. The molecule has 0 radical (unpaired) electrons. The Bertz CT molecular complexity index is 704. The summed E-state index contributed by atoms with van der Waals surface area (Å²) in [4.78, 5) is 4.49. The van der Waals surface area contributed by atoms with Gasteiger partial charge in [-0.3, -0.25) is 0 Å². The molecule has 0 saturated heterocycles. The largest absolute Gasteiger partial charge is 0.493 e. The number of hydrogen-bond donors (Lipinski definition) is 0. The zero-order valence-corrected chi connectivity index (χ0v) is 11.4. The van der Waals surface area contributed by atoms with Gasteiger partial charge in [0.2, 0.25) is 0 Å². The highest BCUT2D eigenvalue weighted by atomic mass is 16.5. The van der Waals surface area contributed by atoms with Crippen LogP contribution in [0.1, 0.15) is 11.4 Å². The van der Waals surface area contributed by atoms with Crippen molar-refractivity contribution in [2.75, 3.05) is 14.2 Å². The van der Waals surface area contributed by atoms with Crippen LogP contribution in [0.3, 0.4) is 0 Å². The number of hydrogen-bond acceptors (Lipinski definition) is 4. The predicted molar refractivity (Wildman–Crippen MR) is 75.3 cm³/mol. The van der Waals surface area contributed by atoms with Crippen LogP contribution < -0.4 is 9.47 Å². The lowest BCUT2D eigenvalue weighted by atomic mass is 10.1. The second kappa shape index (κ2) is 5.21. The lowest BCUT2D eigenvalue weighted by Crippen LogP contribution is -1.95. The molecule has 0 unspecified atom stereocenters. The summed E-state index contributed by atoms with van der Waals surface area (Å²) >= 11 is 0. The molecule has 0 bridgehead atoms. The first-order valence-corrected chi connectivity index (χ1v) is 6.31. The predicted octanol–water partition coefficient (Wildman–Crippen LogP) is 2.34. The lowest BCUT2D eigenvalue weighted by Gasteiger charge is -2.08. The van der Waals surface area contributed by atoms with Gasteiger partial charge in [0.25, 0.3) is 0 Å². The molecule has 3 aromatic rings. The first-order chi connectivity index (χ1) is 9.80. The molecule has 5 heteroatoms. The van der Waals surface area contributed by atoms with E-state index in [1.807, 2.05) is 42.6 Å². The SMILES string of the molecule is COc1ccc(Cc2nc3ccccn3n2)cc1OC. The summed E-state index contributed by atoms with van der Waals surface area (Å²) in [7, 11) is 3.26. The molecule has 0 amide bonds. The standard InChI is InChI=1S/C15H15N3O2/c1-19-12-7-6-11(9-13(12)20-2)10-14-16-15-5-3-4-8-18(15)17-14/h3-9H,10H2,1-2H3. The summed E-state index contributed by atoms with van der Waals surface area (Å²) in [5.41, 5.74) is 1.93. The highest BCUT2D eigenvalue weighted by molar-refractivity contribution is 5.44. The molecule has 0 spiro atoms. The van der Waals surface area contributed by atoms with Gasteiger partial charge in [-0.05, 0) is 29.8 Å². The van der Waals surface area contributed by atoms with Crippen molar-refractivity contribution in [1.29, 1.82) is 0 Å². The van der Waals surface area contributed by atoms with E-state index in [1.165, 1.54) is 0 Å². The van der Waals surface area contributed by atoms with E-state index in [-0.39, 0.29) is 0 Å². The van der Waals surface area contributed by atoms with Gasteiger partial charge in [0.05, 0.1) is 14.2 Å². The molecular formula is C15H15N3O2. The quantitative estimate of drug-likeness (QED) is 0.729. The molecule has 0 N–H and O–H groups in total. The van der Waals surface area contributed by atoms with Crippen molar-refractivity contribution in [3.8, 4) is 11.5 Å². The summed E-state index contributed by atoms with van der Waals surface area (Å²) in [6.07, 6.45) is 2.54. The van der Waals surface area contributed by atoms with Gasteiger partial charge in [-0.1, -0.05) is 12.1 Å². The summed E-state index contributed by atoms with van der Waals surface area (Å²) < 4.78 is 12.3. The summed E-state index contributed by atoms with van der Waals surface area (Å²) in [6.45, 7) is 0. The van der Waals surface area contributed by atoms with Crippen LogP contribution in [0.5, 0.6) is 11.5 Å². The number of pyridine rings is 1. The Kier molecular flexibility index (Phi) is 3.25. The van der Waals surface area contributed by atoms with Crippen LogP contribution in [-0.2, 0) is 6.42 Å². The van der Waals surface area contributed by atoms with Crippen molar-refractivity contribution < 1.29 is 9.47 Å². The van der Waals surface area contributed by atoms with Gasteiger partial charge in [0.15, 0.2) is 23.0 Å². The average Bonchev–Trinajstić information content (AvgIpc) is 2.89. The third kappa shape index (κ3) is 2.30. The molecule has 20 heavy (non-hydrogen) atoms. The molecule has 5 nitrogen and oxygen atoms in total. The van der Waals surface area contributed by atoms with Crippen molar-refractivity contribution in [2.24, 2.45) is 0 Å². The Hall–Kier alpha value is -2.56. The van der Waals surface area contributed by atoms with E-state index in [0.717, 1.165) is 22.8 Å². The van der Waals surface area contributed by atoms with Crippen molar-refractivity contribution >= 4 is 5.65 Å². The van der Waals surface area contributed by atoms with Gasteiger partial charge < -0.3 is 9.47 Å². The molecule has 2 aromatic heterocycles. The Morgan fingerprint density at radius 2 is 1.90 bits per heavy atom. The average molecular weight is 269 g/mol. The van der Waals surface area contributed by atoms with E-state index >= 15 is 0 Å². The van der Waals surface area contributed by atoms with Gasteiger partial charge in [-0.15, -0.1) is 0 Å².